The van der Waals surface area contributed by atoms with Crippen molar-refractivity contribution in [2.45, 2.75) is 19.0 Å². The second kappa shape index (κ2) is 5.28. The number of hydrogen-bond acceptors (Lipinski definition) is 2. The third kappa shape index (κ3) is 2.84. The third-order valence-electron chi connectivity index (χ3n) is 2.86. The molecule has 0 amide bonds. The highest BCUT2D eigenvalue weighted by molar-refractivity contribution is 7.17. The lowest BCUT2D eigenvalue weighted by atomic mass is 10.1. The Morgan fingerprint density at radius 1 is 1.28 bits per heavy atom. The van der Waals surface area contributed by atoms with Gasteiger partial charge >= 0.3 is 6.18 Å². The van der Waals surface area contributed by atoms with Crippen LogP contribution in [0.5, 0.6) is 0 Å². The molecule has 1 aromatic heterocycles. The fourth-order valence-electron chi connectivity index (χ4n) is 1.91. The molecule has 0 fully saturated rings. The molecule has 2 aromatic rings. The van der Waals surface area contributed by atoms with Gasteiger partial charge in [-0.25, -0.2) is 0 Å². The Kier molecular flexibility index (Phi) is 3.92. The number of halogens is 3. The Bertz CT molecular complexity index is 531. The van der Waals surface area contributed by atoms with Gasteiger partial charge in [0.2, 0.25) is 0 Å². The highest BCUT2D eigenvalue weighted by Gasteiger charge is 2.30. The molecule has 2 rings (SSSR count). The number of alkyl halides is 3. The van der Waals surface area contributed by atoms with Crippen LogP contribution in [0.15, 0.2) is 23.6 Å². The summed E-state index contributed by atoms with van der Waals surface area (Å²) in [5.41, 5.74) is 0.567. The molecule has 0 unspecified atom stereocenters. The molecule has 5 heteroatoms. The zero-order chi connectivity index (χ0) is 13.2. The van der Waals surface area contributed by atoms with E-state index in [2.05, 4.69) is 5.32 Å². The standard InChI is InChI=1S/C13H14F3NS/c1-17-6-2-3-9-8-18-12-7-10(13(14,15)16)4-5-11(9)12/h4-5,7-8,17H,2-3,6H2,1H3. The van der Waals surface area contributed by atoms with Gasteiger partial charge in [-0.15, -0.1) is 11.3 Å². The number of rotatable bonds is 4. The Hall–Kier alpha value is -1.07. The number of thiophene rings is 1. The lowest BCUT2D eigenvalue weighted by Crippen LogP contribution is -2.08. The first kappa shape index (κ1) is 13.4. The molecule has 0 bridgehead atoms. The summed E-state index contributed by atoms with van der Waals surface area (Å²) in [4.78, 5) is 0. The summed E-state index contributed by atoms with van der Waals surface area (Å²) >= 11 is 1.38. The van der Waals surface area contributed by atoms with Gasteiger partial charge in [-0.3, -0.25) is 0 Å². The average Bonchev–Trinajstić information content (AvgIpc) is 2.71. The molecule has 1 aromatic carbocycles. The van der Waals surface area contributed by atoms with E-state index >= 15 is 0 Å². The molecule has 18 heavy (non-hydrogen) atoms. The molecule has 0 aliphatic carbocycles. The van der Waals surface area contributed by atoms with Crippen molar-refractivity contribution in [1.29, 1.82) is 0 Å². The summed E-state index contributed by atoms with van der Waals surface area (Å²) in [5, 5.41) is 5.97. The predicted octanol–water partition coefficient (Wildman–Crippen LogP) is 4.07. The van der Waals surface area contributed by atoms with Gasteiger partial charge in [0.1, 0.15) is 0 Å². The topological polar surface area (TPSA) is 12.0 Å². The summed E-state index contributed by atoms with van der Waals surface area (Å²) < 4.78 is 38.4. The molecule has 1 heterocycles. The van der Waals surface area contributed by atoms with E-state index in [0.29, 0.717) is 4.70 Å². The predicted molar refractivity (Wildman–Crippen MR) is 69.1 cm³/mol. The van der Waals surface area contributed by atoms with Gasteiger partial charge in [-0.1, -0.05) is 6.07 Å². The van der Waals surface area contributed by atoms with Crippen molar-refractivity contribution in [3.63, 3.8) is 0 Å². The van der Waals surface area contributed by atoms with Crippen LogP contribution in [-0.2, 0) is 12.6 Å². The number of hydrogen-bond donors (Lipinski definition) is 1. The Labute approximate surface area is 108 Å². The van der Waals surface area contributed by atoms with Crippen molar-refractivity contribution in [2.24, 2.45) is 0 Å². The molecule has 0 aliphatic rings. The first-order valence-electron chi connectivity index (χ1n) is 5.74. The highest BCUT2D eigenvalue weighted by atomic mass is 32.1. The zero-order valence-corrected chi connectivity index (χ0v) is 10.8. The van der Waals surface area contributed by atoms with Gasteiger partial charge in [0.15, 0.2) is 0 Å². The van der Waals surface area contributed by atoms with Crippen molar-refractivity contribution in [1.82, 2.24) is 5.32 Å². The maximum absolute atomic E-state index is 12.6. The molecule has 1 nitrogen and oxygen atoms in total. The molecule has 0 atom stereocenters. The maximum atomic E-state index is 12.6. The highest BCUT2D eigenvalue weighted by Crippen LogP contribution is 2.34. The molecule has 0 aliphatic heterocycles. The average molecular weight is 273 g/mol. The van der Waals surface area contributed by atoms with E-state index in [1.807, 2.05) is 12.4 Å². The van der Waals surface area contributed by atoms with Crippen LogP contribution in [-0.4, -0.2) is 13.6 Å². The summed E-state index contributed by atoms with van der Waals surface area (Å²) in [6.07, 6.45) is -2.37. The monoisotopic (exact) mass is 273 g/mol. The van der Waals surface area contributed by atoms with E-state index in [-0.39, 0.29) is 0 Å². The number of benzene rings is 1. The third-order valence-corrected chi connectivity index (χ3v) is 3.85. The van der Waals surface area contributed by atoms with Gasteiger partial charge < -0.3 is 5.32 Å². The second-order valence-corrected chi connectivity index (χ2v) is 5.09. The summed E-state index contributed by atoms with van der Waals surface area (Å²) in [5.74, 6) is 0. The molecule has 0 saturated heterocycles. The molecular formula is C13H14F3NS. The van der Waals surface area contributed by atoms with E-state index < -0.39 is 11.7 Å². The first-order chi connectivity index (χ1) is 8.52. The number of fused-ring (bicyclic) bond motifs is 1. The van der Waals surface area contributed by atoms with E-state index in [1.165, 1.54) is 17.4 Å². The molecular weight excluding hydrogens is 259 g/mol. The molecule has 0 spiro atoms. The van der Waals surface area contributed by atoms with Crippen LogP contribution in [0.3, 0.4) is 0 Å². The minimum Gasteiger partial charge on any atom is -0.320 e. The van der Waals surface area contributed by atoms with Crippen molar-refractivity contribution in [3.8, 4) is 0 Å². The Balaban J connectivity index is 2.26. The quantitative estimate of drug-likeness (QED) is 0.828. The van der Waals surface area contributed by atoms with Gasteiger partial charge in [0.05, 0.1) is 5.56 Å². The van der Waals surface area contributed by atoms with E-state index in [9.17, 15) is 13.2 Å². The van der Waals surface area contributed by atoms with E-state index in [4.69, 9.17) is 0 Å². The van der Waals surface area contributed by atoms with Crippen LogP contribution < -0.4 is 5.32 Å². The van der Waals surface area contributed by atoms with Crippen molar-refractivity contribution in [3.05, 3.63) is 34.7 Å². The lowest BCUT2D eigenvalue weighted by molar-refractivity contribution is -0.137. The van der Waals surface area contributed by atoms with Crippen molar-refractivity contribution in [2.75, 3.05) is 13.6 Å². The van der Waals surface area contributed by atoms with E-state index in [1.54, 1.807) is 6.07 Å². The summed E-state index contributed by atoms with van der Waals surface area (Å²) in [6.45, 7) is 0.915. The molecule has 0 radical (unpaired) electrons. The van der Waals surface area contributed by atoms with Crippen LogP contribution in [0.2, 0.25) is 0 Å². The molecule has 98 valence electrons. The smallest absolute Gasteiger partial charge is 0.320 e. The lowest BCUT2D eigenvalue weighted by Gasteiger charge is -2.06. The maximum Gasteiger partial charge on any atom is 0.416 e. The zero-order valence-electron chi connectivity index (χ0n) is 9.97. The van der Waals surface area contributed by atoms with Gasteiger partial charge in [-0.05, 0) is 54.9 Å². The normalized spacial score (nSPS) is 12.2. The minimum atomic E-state index is -4.26. The first-order valence-corrected chi connectivity index (χ1v) is 6.62. The van der Waals surface area contributed by atoms with Crippen LogP contribution >= 0.6 is 11.3 Å². The van der Waals surface area contributed by atoms with Crippen molar-refractivity contribution >= 4 is 21.4 Å². The Morgan fingerprint density at radius 2 is 2.06 bits per heavy atom. The minimum absolute atomic E-state index is 0.571. The van der Waals surface area contributed by atoms with Crippen LogP contribution in [0.4, 0.5) is 13.2 Å². The summed E-state index contributed by atoms with van der Waals surface area (Å²) in [6, 6.07) is 3.99. The van der Waals surface area contributed by atoms with Gasteiger partial charge in [-0.2, -0.15) is 13.2 Å². The fraction of sp³-hybridized carbons (Fsp3) is 0.385. The number of nitrogens with one attached hydrogen (secondary N) is 1. The van der Waals surface area contributed by atoms with Gasteiger partial charge in [0, 0.05) is 4.70 Å². The van der Waals surface area contributed by atoms with E-state index in [0.717, 1.165) is 36.4 Å². The number of aryl methyl sites for hydroxylation is 1. The van der Waals surface area contributed by atoms with Crippen molar-refractivity contribution < 1.29 is 13.2 Å². The fourth-order valence-corrected chi connectivity index (χ4v) is 2.94. The Morgan fingerprint density at radius 3 is 2.72 bits per heavy atom. The van der Waals surface area contributed by atoms with Crippen LogP contribution in [0, 0.1) is 0 Å². The molecule has 1 N–H and O–H groups in total. The van der Waals surface area contributed by atoms with Crippen LogP contribution in [0.25, 0.3) is 10.1 Å². The summed E-state index contributed by atoms with van der Waals surface area (Å²) in [7, 11) is 1.89. The van der Waals surface area contributed by atoms with Crippen LogP contribution in [0.1, 0.15) is 17.5 Å². The SMILES string of the molecule is CNCCCc1csc2cc(C(F)(F)F)ccc12. The largest absolute Gasteiger partial charge is 0.416 e. The molecule has 0 saturated carbocycles. The van der Waals surface area contributed by atoms with Gasteiger partial charge in [0.25, 0.3) is 0 Å². The second-order valence-electron chi connectivity index (χ2n) is 4.18.